The van der Waals surface area contributed by atoms with E-state index in [0.29, 0.717) is 10.6 Å². The van der Waals surface area contributed by atoms with E-state index in [0.717, 1.165) is 4.57 Å². The molecule has 1 atom stereocenters. The molecular formula is C19H13Cl2F3N4O. The van der Waals surface area contributed by atoms with Gasteiger partial charge in [-0.15, -0.1) is 10.2 Å². The Kier molecular flexibility index (Phi) is 5.00. The fraction of sp³-hybridized carbons (Fsp3) is 0.211. The molecule has 0 spiro atoms. The molecule has 1 aromatic heterocycles. The zero-order valence-electron chi connectivity index (χ0n) is 14.7. The molecule has 0 aliphatic carbocycles. The van der Waals surface area contributed by atoms with E-state index < -0.39 is 23.9 Å². The van der Waals surface area contributed by atoms with Gasteiger partial charge in [0.05, 0.1) is 10.6 Å². The zero-order valence-corrected chi connectivity index (χ0v) is 16.2. The summed E-state index contributed by atoms with van der Waals surface area (Å²) in [5.74, 6) is -1.46. The summed E-state index contributed by atoms with van der Waals surface area (Å²) in [6, 6.07) is 12.4. The Morgan fingerprint density at radius 2 is 1.76 bits per heavy atom. The zero-order chi connectivity index (χ0) is 20.8. The lowest BCUT2D eigenvalue weighted by Gasteiger charge is -2.36. The topological polar surface area (TPSA) is 51.0 Å². The van der Waals surface area contributed by atoms with Gasteiger partial charge < -0.3 is 9.47 Å². The second kappa shape index (κ2) is 7.35. The van der Waals surface area contributed by atoms with E-state index in [1.54, 1.807) is 30.3 Å². The summed E-state index contributed by atoms with van der Waals surface area (Å²) in [6.07, 6.45) is -4.64. The summed E-state index contributed by atoms with van der Waals surface area (Å²) in [4.78, 5) is 14.7. The Labute approximate surface area is 173 Å². The van der Waals surface area contributed by atoms with Crippen LogP contribution in [0.4, 0.5) is 13.2 Å². The molecule has 0 bridgehead atoms. The van der Waals surface area contributed by atoms with Crippen LogP contribution in [0.5, 0.6) is 0 Å². The van der Waals surface area contributed by atoms with E-state index in [1.165, 1.54) is 23.1 Å². The lowest BCUT2D eigenvalue weighted by Crippen LogP contribution is -2.43. The highest BCUT2D eigenvalue weighted by Gasteiger charge is 2.43. The molecule has 150 valence electrons. The third kappa shape index (κ3) is 3.58. The molecular weight excluding hydrogens is 428 g/mol. The molecule has 1 amide bonds. The normalized spacial score (nSPS) is 16.6. The molecule has 1 aliphatic rings. The number of fused-ring (bicyclic) bond motifs is 1. The number of amides is 1. The number of halogens is 5. The fourth-order valence-electron chi connectivity index (χ4n) is 3.42. The number of rotatable bonds is 2. The van der Waals surface area contributed by atoms with Crippen molar-refractivity contribution in [2.75, 3.05) is 6.54 Å². The van der Waals surface area contributed by atoms with Gasteiger partial charge in [-0.2, -0.15) is 13.2 Å². The minimum absolute atomic E-state index is 0.0332. The molecule has 4 rings (SSSR count). The molecule has 2 aromatic carbocycles. The van der Waals surface area contributed by atoms with E-state index in [-0.39, 0.29) is 29.5 Å². The summed E-state index contributed by atoms with van der Waals surface area (Å²) in [5.41, 5.74) is 0.828. The number of carbonyl (C=O) groups is 1. The van der Waals surface area contributed by atoms with Crippen molar-refractivity contribution in [2.24, 2.45) is 0 Å². The van der Waals surface area contributed by atoms with Crippen LogP contribution in [0.25, 0.3) is 0 Å². The number of alkyl halides is 3. The van der Waals surface area contributed by atoms with Crippen LogP contribution in [-0.4, -0.2) is 32.1 Å². The number of hydrogen-bond acceptors (Lipinski definition) is 3. The Balaban J connectivity index is 1.82. The minimum atomic E-state index is -4.64. The van der Waals surface area contributed by atoms with Crippen molar-refractivity contribution in [1.82, 2.24) is 19.7 Å². The van der Waals surface area contributed by atoms with Gasteiger partial charge in [-0.3, -0.25) is 4.79 Å². The molecule has 1 aliphatic heterocycles. The first-order valence-corrected chi connectivity index (χ1v) is 9.34. The third-order valence-corrected chi connectivity index (χ3v) is 5.24. The largest absolute Gasteiger partial charge is 0.451 e. The fourth-order valence-corrected chi connectivity index (χ4v) is 3.91. The Morgan fingerprint density at radius 3 is 2.41 bits per heavy atom. The van der Waals surface area contributed by atoms with E-state index >= 15 is 0 Å². The molecule has 10 heteroatoms. The predicted molar refractivity (Wildman–Crippen MR) is 101 cm³/mol. The lowest BCUT2D eigenvalue weighted by molar-refractivity contribution is -0.148. The van der Waals surface area contributed by atoms with Crippen LogP contribution >= 0.6 is 23.2 Å². The maximum atomic E-state index is 13.3. The van der Waals surface area contributed by atoms with Crippen LogP contribution in [-0.2, 0) is 12.7 Å². The molecule has 0 fully saturated rings. The Hall–Kier alpha value is -2.58. The Bertz CT molecular complexity index is 1070. The van der Waals surface area contributed by atoms with Gasteiger partial charge in [0, 0.05) is 18.1 Å². The van der Waals surface area contributed by atoms with E-state index in [2.05, 4.69) is 10.2 Å². The second-order valence-electron chi connectivity index (χ2n) is 6.47. The number of hydrogen-bond donors (Lipinski definition) is 0. The van der Waals surface area contributed by atoms with Crippen molar-refractivity contribution < 1.29 is 18.0 Å². The van der Waals surface area contributed by atoms with Crippen LogP contribution in [0, 0.1) is 0 Å². The monoisotopic (exact) mass is 440 g/mol. The number of benzene rings is 2. The molecule has 2 heterocycles. The minimum Gasteiger partial charge on any atom is -0.322 e. The summed E-state index contributed by atoms with van der Waals surface area (Å²) in [7, 11) is 0. The van der Waals surface area contributed by atoms with Crippen LogP contribution < -0.4 is 0 Å². The van der Waals surface area contributed by atoms with Crippen LogP contribution in [0.3, 0.4) is 0 Å². The number of aromatic nitrogens is 3. The summed E-state index contributed by atoms with van der Waals surface area (Å²) < 4.78 is 41.0. The first-order chi connectivity index (χ1) is 13.8. The van der Waals surface area contributed by atoms with Gasteiger partial charge in [-0.05, 0) is 23.8 Å². The molecule has 29 heavy (non-hydrogen) atoms. The molecule has 3 aromatic rings. The van der Waals surface area contributed by atoms with Crippen molar-refractivity contribution in [3.8, 4) is 0 Å². The lowest BCUT2D eigenvalue weighted by atomic mass is 10.0. The average Bonchev–Trinajstić information content (AvgIpc) is 3.12. The predicted octanol–water partition coefficient (Wildman–Crippen LogP) is 4.85. The highest BCUT2D eigenvalue weighted by Crippen LogP contribution is 2.37. The standard InChI is InChI=1S/C19H13Cl2F3N4O/c20-12-6-7-13(14(21)10-12)17(29)27-8-9-28-16(25-26-18(28)19(22,23)24)15(27)11-4-2-1-3-5-11/h1-7,10,15H,8-9H2. The van der Waals surface area contributed by atoms with Crippen LogP contribution in [0.15, 0.2) is 48.5 Å². The van der Waals surface area contributed by atoms with E-state index in [9.17, 15) is 18.0 Å². The molecule has 0 saturated carbocycles. The van der Waals surface area contributed by atoms with Crippen molar-refractivity contribution in [3.05, 3.63) is 81.4 Å². The van der Waals surface area contributed by atoms with Crippen LogP contribution in [0.2, 0.25) is 10.0 Å². The molecule has 0 radical (unpaired) electrons. The van der Waals surface area contributed by atoms with Gasteiger partial charge in [0.25, 0.3) is 5.91 Å². The maximum Gasteiger partial charge on any atom is 0.451 e. The SMILES string of the molecule is O=C(c1ccc(Cl)cc1Cl)N1CCn2c(nnc2C(F)(F)F)C1c1ccccc1. The molecule has 0 N–H and O–H groups in total. The van der Waals surface area contributed by atoms with Crippen LogP contribution in [0.1, 0.15) is 33.6 Å². The van der Waals surface area contributed by atoms with Gasteiger partial charge in [0.1, 0.15) is 6.04 Å². The summed E-state index contributed by atoms with van der Waals surface area (Å²) in [5, 5.41) is 7.67. The first kappa shape index (κ1) is 19.7. The number of carbonyl (C=O) groups excluding carboxylic acids is 1. The molecule has 0 saturated heterocycles. The maximum absolute atomic E-state index is 13.3. The first-order valence-electron chi connectivity index (χ1n) is 8.58. The van der Waals surface area contributed by atoms with Gasteiger partial charge in [-0.1, -0.05) is 53.5 Å². The quantitative estimate of drug-likeness (QED) is 0.572. The second-order valence-corrected chi connectivity index (χ2v) is 7.31. The number of nitrogens with zero attached hydrogens (tertiary/aromatic N) is 4. The van der Waals surface area contributed by atoms with Gasteiger partial charge in [-0.25, -0.2) is 0 Å². The van der Waals surface area contributed by atoms with Crippen molar-refractivity contribution in [3.63, 3.8) is 0 Å². The van der Waals surface area contributed by atoms with Gasteiger partial charge in [0.15, 0.2) is 5.82 Å². The van der Waals surface area contributed by atoms with E-state index in [1.807, 2.05) is 0 Å². The smallest absolute Gasteiger partial charge is 0.322 e. The molecule has 5 nitrogen and oxygen atoms in total. The van der Waals surface area contributed by atoms with E-state index in [4.69, 9.17) is 23.2 Å². The van der Waals surface area contributed by atoms with Crippen molar-refractivity contribution in [2.45, 2.75) is 18.8 Å². The third-order valence-electron chi connectivity index (χ3n) is 4.69. The van der Waals surface area contributed by atoms with Gasteiger partial charge in [0.2, 0.25) is 5.82 Å². The highest BCUT2D eigenvalue weighted by molar-refractivity contribution is 6.36. The highest BCUT2D eigenvalue weighted by atomic mass is 35.5. The summed E-state index contributed by atoms with van der Waals surface area (Å²) in [6.45, 7) is -0.0527. The Morgan fingerprint density at radius 1 is 1.03 bits per heavy atom. The van der Waals surface area contributed by atoms with Crippen molar-refractivity contribution in [1.29, 1.82) is 0 Å². The van der Waals surface area contributed by atoms with Gasteiger partial charge >= 0.3 is 6.18 Å². The summed E-state index contributed by atoms with van der Waals surface area (Å²) >= 11 is 12.1. The molecule has 1 unspecified atom stereocenters. The van der Waals surface area contributed by atoms with Crippen molar-refractivity contribution >= 4 is 29.1 Å². The average molecular weight is 441 g/mol.